The lowest BCUT2D eigenvalue weighted by Crippen LogP contribution is -2.45. The second-order valence-corrected chi connectivity index (χ2v) is 5.75. The average Bonchev–Trinajstić information content (AvgIpc) is 2.85. The topological polar surface area (TPSA) is 38.8 Å². The van der Waals surface area contributed by atoms with E-state index >= 15 is 0 Å². The minimum Gasteiger partial charge on any atom is -0.497 e. The van der Waals surface area contributed by atoms with E-state index in [0.29, 0.717) is 24.1 Å². The Kier molecular flexibility index (Phi) is 3.66. The summed E-state index contributed by atoms with van der Waals surface area (Å²) in [6, 6.07) is 7.35. The van der Waals surface area contributed by atoms with Gasteiger partial charge in [0, 0.05) is 18.7 Å². The summed E-state index contributed by atoms with van der Waals surface area (Å²) in [5, 5.41) is 0. The summed E-state index contributed by atoms with van der Waals surface area (Å²) in [5.74, 6) is 1.42. The van der Waals surface area contributed by atoms with Gasteiger partial charge in [0.2, 0.25) is 0 Å². The van der Waals surface area contributed by atoms with E-state index in [1.807, 2.05) is 23.1 Å². The lowest BCUT2D eigenvalue weighted by Gasteiger charge is -2.34. The molecule has 108 valence electrons. The molecule has 4 heteroatoms. The predicted octanol–water partition coefficient (Wildman–Crippen LogP) is 2.33. The van der Waals surface area contributed by atoms with Crippen molar-refractivity contribution in [3.05, 3.63) is 29.8 Å². The monoisotopic (exact) mass is 275 g/mol. The Bertz CT molecular complexity index is 502. The van der Waals surface area contributed by atoms with E-state index in [0.717, 1.165) is 25.1 Å². The molecule has 1 amide bonds. The fraction of sp³-hybridized carbons (Fsp3) is 0.562. The predicted molar refractivity (Wildman–Crippen MR) is 76.0 cm³/mol. The Balaban J connectivity index is 1.71. The van der Waals surface area contributed by atoms with E-state index in [1.165, 1.54) is 0 Å². The van der Waals surface area contributed by atoms with Gasteiger partial charge in [-0.1, -0.05) is 6.07 Å². The van der Waals surface area contributed by atoms with Gasteiger partial charge in [0.25, 0.3) is 5.91 Å². The highest BCUT2D eigenvalue weighted by Gasteiger charge is 2.38. The molecule has 4 nitrogen and oxygen atoms in total. The summed E-state index contributed by atoms with van der Waals surface area (Å²) < 4.78 is 11.1. The van der Waals surface area contributed by atoms with Gasteiger partial charge in [-0.15, -0.1) is 0 Å². The van der Waals surface area contributed by atoms with Gasteiger partial charge in [-0.05, 0) is 43.9 Å². The molecule has 0 saturated carbocycles. The summed E-state index contributed by atoms with van der Waals surface area (Å²) in [6.07, 6.45) is 2.72. The van der Waals surface area contributed by atoms with Gasteiger partial charge in [-0.25, -0.2) is 0 Å². The van der Waals surface area contributed by atoms with Gasteiger partial charge in [0.15, 0.2) is 0 Å². The molecule has 2 aliphatic heterocycles. The molecule has 2 aliphatic rings. The largest absolute Gasteiger partial charge is 0.497 e. The van der Waals surface area contributed by atoms with Gasteiger partial charge in [-0.2, -0.15) is 0 Å². The summed E-state index contributed by atoms with van der Waals surface area (Å²) >= 11 is 0. The summed E-state index contributed by atoms with van der Waals surface area (Å²) in [6.45, 7) is 3.66. The first-order valence-electron chi connectivity index (χ1n) is 7.26. The zero-order valence-electron chi connectivity index (χ0n) is 12.0. The van der Waals surface area contributed by atoms with Crippen LogP contribution < -0.4 is 4.74 Å². The second-order valence-electron chi connectivity index (χ2n) is 5.75. The van der Waals surface area contributed by atoms with Crippen LogP contribution in [-0.4, -0.2) is 43.2 Å². The van der Waals surface area contributed by atoms with E-state index in [-0.39, 0.29) is 12.0 Å². The van der Waals surface area contributed by atoms with Crippen molar-refractivity contribution in [1.82, 2.24) is 4.90 Å². The number of methoxy groups -OCH3 is 1. The third-order valence-electron chi connectivity index (χ3n) is 4.34. The van der Waals surface area contributed by atoms with Gasteiger partial charge >= 0.3 is 0 Å². The fourth-order valence-corrected chi connectivity index (χ4v) is 3.29. The van der Waals surface area contributed by atoms with Crippen molar-refractivity contribution in [2.75, 3.05) is 20.2 Å². The number of ether oxygens (including phenoxy) is 2. The fourth-order valence-electron chi connectivity index (χ4n) is 3.29. The molecule has 1 aromatic carbocycles. The summed E-state index contributed by atoms with van der Waals surface area (Å²) in [7, 11) is 1.61. The third kappa shape index (κ3) is 2.52. The quantitative estimate of drug-likeness (QED) is 0.831. The van der Waals surface area contributed by atoms with E-state index in [9.17, 15) is 4.79 Å². The maximum atomic E-state index is 12.6. The number of rotatable bonds is 2. The Hall–Kier alpha value is -1.55. The zero-order valence-corrected chi connectivity index (χ0v) is 12.0. The molecule has 2 saturated heterocycles. The van der Waals surface area contributed by atoms with Crippen molar-refractivity contribution in [1.29, 1.82) is 0 Å². The second kappa shape index (κ2) is 5.44. The molecule has 0 aliphatic carbocycles. The lowest BCUT2D eigenvalue weighted by atomic mass is 9.91. The first kappa shape index (κ1) is 13.4. The van der Waals surface area contributed by atoms with Gasteiger partial charge < -0.3 is 14.4 Å². The van der Waals surface area contributed by atoms with Crippen LogP contribution >= 0.6 is 0 Å². The van der Waals surface area contributed by atoms with Gasteiger partial charge in [0.05, 0.1) is 19.3 Å². The van der Waals surface area contributed by atoms with E-state index in [4.69, 9.17) is 9.47 Å². The van der Waals surface area contributed by atoms with Crippen LogP contribution in [0.3, 0.4) is 0 Å². The number of carbonyl (C=O) groups is 1. The molecule has 20 heavy (non-hydrogen) atoms. The van der Waals surface area contributed by atoms with Crippen molar-refractivity contribution in [3.8, 4) is 5.75 Å². The van der Waals surface area contributed by atoms with Crippen LogP contribution in [0.25, 0.3) is 0 Å². The maximum Gasteiger partial charge on any atom is 0.254 e. The third-order valence-corrected chi connectivity index (χ3v) is 4.34. The number of likely N-dealkylation sites (tertiary alicyclic amines) is 1. The summed E-state index contributed by atoms with van der Waals surface area (Å²) in [4.78, 5) is 14.5. The molecule has 0 radical (unpaired) electrons. The van der Waals surface area contributed by atoms with Crippen LogP contribution in [0.15, 0.2) is 24.3 Å². The molecule has 1 aromatic rings. The number of benzene rings is 1. The zero-order chi connectivity index (χ0) is 14.1. The molecular formula is C16H21NO3. The molecule has 0 spiro atoms. The Morgan fingerprint density at radius 3 is 3.10 bits per heavy atom. The number of hydrogen-bond acceptors (Lipinski definition) is 3. The normalized spacial score (nSPS) is 29.1. The minimum absolute atomic E-state index is 0.0745. The van der Waals surface area contributed by atoms with E-state index in [1.54, 1.807) is 13.2 Å². The van der Waals surface area contributed by atoms with Crippen molar-refractivity contribution >= 4 is 5.91 Å². The SMILES string of the molecule is COc1cccc(C(=O)N2CC[C@H]3C[C@H](C)O[C@@H]3C2)c1. The Morgan fingerprint density at radius 1 is 1.45 bits per heavy atom. The molecule has 0 N–H and O–H groups in total. The minimum atomic E-state index is 0.0745. The van der Waals surface area contributed by atoms with Crippen LogP contribution in [0.2, 0.25) is 0 Å². The Morgan fingerprint density at radius 2 is 2.30 bits per heavy atom. The van der Waals surface area contributed by atoms with Crippen molar-refractivity contribution in [3.63, 3.8) is 0 Å². The highest BCUT2D eigenvalue weighted by atomic mass is 16.5. The van der Waals surface area contributed by atoms with Gasteiger partial charge in [0.1, 0.15) is 5.75 Å². The van der Waals surface area contributed by atoms with Crippen LogP contribution in [-0.2, 0) is 4.74 Å². The van der Waals surface area contributed by atoms with Crippen molar-refractivity contribution < 1.29 is 14.3 Å². The molecule has 2 heterocycles. The lowest BCUT2D eigenvalue weighted by molar-refractivity contribution is 0.00156. The molecule has 0 aromatic heterocycles. The number of fused-ring (bicyclic) bond motifs is 1. The molecule has 3 rings (SSSR count). The number of piperidine rings is 1. The molecule has 0 unspecified atom stereocenters. The number of nitrogens with zero attached hydrogens (tertiary/aromatic N) is 1. The average molecular weight is 275 g/mol. The van der Waals surface area contributed by atoms with Crippen LogP contribution in [0.4, 0.5) is 0 Å². The molecular weight excluding hydrogens is 254 g/mol. The van der Waals surface area contributed by atoms with Crippen molar-refractivity contribution in [2.45, 2.75) is 32.0 Å². The summed E-state index contributed by atoms with van der Waals surface area (Å²) in [5.41, 5.74) is 0.689. The molecule has 2 fully saturated rings. The van der Waals surface area contributed by atoms with E-state index < -0.39 is 0 Å². The maximum absolute atomic E-state index is 12.6. The number of amides is 1. The Labute approximate surface area is 119 Å². The van der Waals surface area contributed by atoms with Crippen LogP contribution in [0, 0.1) is 5.92 Å². The highest BCUT2D eigenvalue weighted by molar-refractivity contribution is 5.94. The highest BCUT2D eigenvalue weighted by Crippen LogP contribution is 2.33. The standard InChI is InChI=1S/C16H21NO3/c1-11-8-12-6-7-17(10-15(12)20-11)16(18)13-4-3-5-14(9-13)19-2/h3-5,9,11-12,15H,6-8,10H2,1-2H3/t11-,12-,15+/m0/s1. The van der Waals surface area contributed by atoms with Gasteiger partial charge in [-0.3, -0.25) is 4.79 Å². The van der Waals surface area contributed by atoms with E-state index in [2.05, 4.69) is 6.92 Å². The first-order valence-corrected chi connectivity index (χ1v) is 7.26. The first-order chi connectivity index (χ1) is 9.67. The van der Waals surface area contributed by atoms with Crippen LogP contribution in [0.1, 0.15) is 30.1 Å². The smallest absolute Gasteiger partial charge is 0.254 e. The van der Waals surface area contributed by atoms with Crippen molar-refractivity contribution in [2.24, 2.45) is 5.92 Å². The number of carbonyl (C=O) groups excluding carboxylic acids is 1. The number of hydrogen-bond donors (Lipinski definition) is 0. The molecule has 0 bridgehead atoms. The van der Waals surface area contributed by atoms with Crippen LogP contribution in [0.5, 0.6) is 5.75 Å². The molecule has 3 atom stereocenters.